The number of hydrogen-bond donors (Lipinski definition) is 0. The van der Waals surface area contributed by atoms with Crippen molar-refractivity contribution >= 4 is 16.6 Å². The summed E-state index contributed by atoms with van der Waals surface area (Å²) in [5, 5.41) is 1.33. The van der Waals surface area contributed by atoms with E-state index in [9.17, 15) is 9.59 Å². The molecule has 0 amide bonds. The Morgan fingerprint density at radius 1 is 0.917 bits per heavy atom. The smallest absolute Gasteiger partial charge is 0.258 e. The summed E-state index contributed by atoms with van der Waals surface area (Å²) in [6.45, 7) is 1.10. The zero-order valence-corrected chi connectivity index (χ0v) is 13.4. The fraction of sp³-hybridized carbons (Fsp3) is 0.200. The Morgan fingerprint density at radius 3 is 2.33 bits per heavy atom. The SMILES string of the molecule is COCCCn1c2c(c3ccccc3c1=O)C(=O)c1ccccc1-2. The molecule has 0 N–H and O–H groups in total. The Morgan fingerprint density at radius 2 is 1.58 bits per heavy atom. The zero-order chi connectivity index (χ0) is 16.7. The van der Waals surface area contributed by atoms with Crippen molar-refractivity contribution in [1.82, 2.24) is 4.57 Å². The van der Waals surface area contributed by atoms with Gasteiger partial charge in [-0.25, -0.2) is 0 Å². The van der Waals surface area contributed by atoms with Gasteiger partial charge in [-0.3, -0.25) is 9.59 Å². The van der Waals surface area contributed by atoms with E-state index in [0.29, 0.717) is 29.7 Å². The molecule has 0 spiro atoms. The van der Waals surface area contributed by atoms with E-state index in [-0.39, 0.29) is 11.3 Å². The van der Waals surface area contributed by atoms with E-state index >= 15 is 0 Å². The molecule has 0 bridgehead atoms. The Kier molecular flexibility index (Phi) is 3.54. The molecule has 2 aromatic carbocycles. The molecule has 0 fully saturated rings. The number of methoxy groups -OCH3 is 1. The van der Waals surface area contributed by atoms with Crippen LogP contribution < -0.4 is 5.56 Å². The van der Waals surface area contributed by atoms with E-state index in [2.05, 4.69) is 0 Å². The van der Waals surface area contributed by atoms with Gasteiger partial charge in [0.1, 0.15) is 0 Å². The number of hydrogen-bond acceptors (Lipinski definition) is 3. The first-order valence-corrected chi connectivity index (χ1v) is 8.02. The van der Waals surface area contributed by atoms with E-state index in [4.69, 9.17) is 4.74 Å². The van der Waals surface area contributed by atoms with Crippen LogP contribution in [0.1, 0.15) is 22.3 Å². The summed E-state index contributed by atoms with van der Waals surface area (Å²) in [7, 11) is 1.65. The van der Waals surface area contributed by atoms with E-state index in [0.717, 1.165) is 23.1 Å². The van der Waals surface area contributed by atoms with Crippen LogP contribution in [0.4, 0.5) is 0 Å². The summed E-state index contributed by atoms with van der Waals surface area (Å²) in [6.07, 6.45) is 0.720. The van der Waals surface area contributed by atoms with Crippen LogP contribution >= 0.6 is 0 Å². The lowest BCUT2D eigenvalue weighted by Crippen LogP contribution is -2.24. The molecule has 0 aliphatic heterocycles. The Labute approximate surface area is 139 Å². The normalized spacial score (nSPS) is 12.5. The molecule has 1 heterocycles. The summed E-state index contributed by atoms with van der Waals surface area (Å²) in [5.41, 5.74) is 2.85. The third-order valence-electron chi connectivity index (χ3n) is 4.56. The van der Waals surface area contributed by atoms with Crippen LogP contribution in [0.3, 0.4) is 0 Å². The minimum atomic E-state index is -0.0510. The van der Waals surface area contributed by atoms with Crippen LogP contribution in [-0.2, 0) is 11.3 Å². The van der Waals surface area contributed by atoms with E-state index in [1.807, 2.05) is 42.5 Å². The van der Waals surface area contributed by atoms with Crippen molar-refractivity contribution in [1.29, 1.82) is 0 Å². The second-order valence-corrected chi connectivity index (χ2v) is 5.95. The third-order valence-corrected chi connectivity index (χ3v) is 4.56. The third kappa shape index (κ3) is 2.03. The van der Waals surface area contributed by atoms with Crippen LogP contribution in [0, 0.1) is 0 Å². The number of carbonyl (C=O) groups is 1. The predicted octanol–water partition coefficient (Wildman–Crippen LogP) is 3.25. The first kappa shape index (κ1) is 14.8. The van der Waals surface area contributed by atoms with Crippen LogP contribution in [-0.4, -0.2) is 24.1 Å². The number of benzene rings is 2. The van der Waals surface area contributed by atoms with Crippen molar-refractivity contribution in [3.05, 3.63) is 70.0 Å². The quantitative estimate of drug-likeness (QED) is 0.543. The molecule has 1 aliphatic rings. The Bertz CT molecular complexity index is 1020. The number of rotatable bonds is 4. The van der Waals surface area contributed by atoms with Crippen LogP contribution in [0.2, 0.25) is 0 Å². The van der Waals surface area contributed by atoms with Crippen molar-refractivity contribution in [3.8, 4) is 11.3 Å². The van der Waals surface area contributed by atoms with Gasteiger partial charge in [0.15, 0.2) is 5.78 Å². The van der Waals surface area contributed by atoms with Gasteiger partial charge in [0.25, 0.3) is 5.56 Å². The molecular formula is C20H17NO3. The van der Waals surface area contributed by atoms with Gasteiger partial charge in [-0.1, -0.05) is 42.5 Å². The lowest BCUT2D eigenvalue weighted by atomic mass is 10.0. The summed E-state index contributed by atoms with van der Waals surface area (Å²) in [4.78, 5) is 26.0. The fourth-order valence-corrected chi connectivity index (χ4v) is 3.51. The largest absolute Gasteiger partial charge is 0.385 e. The van der Waals surface area contributed by atoms with Gasteiger partial charge in [0.2, 0.25) is 0 Å². The van der Waals surface area contributed by atoms with E-state index in [1.165, 1.54) is 0 Å². The highest BCUT2D eigenvalue weighted by Gasteiger charge is 2.31. The van der Waals surface area contributed by atoms with Crippen molar-refractivity contribution in [2.24, 2.45) is 0 Å². The molecule has 4 rings (SSSR count). The van der Waals surface area contributed by atoms with Gasteiger partial charge in [-0.2, -0.15) is 0 Å². The first-order valence-electron chi connectivity index (χ1n) is 8.02. The van der Waals surface area contributed by atoms with Crippen molar-refractivity contribution < 1.29 is 9.53 Å². The minimum Gasteiger partial charge on any atom is -0.385 e. The molecule has 4 heteroatoms. The molecule has 24 heavy (non-hydrogen) atoms. The average Bonchev–Trinajstić information content (AvgIpc) is 2.91. The maximum atomic E-state index is 13.0. The molecule has 1 aromatic heterocycles. The highest BCUT2D eigenvalue weighted by atomic mass is 16.5. The molecule has 1 aliphatic carbocycles. The summed E-state index contributed by atoms with van der Waals surface area (Å²) in [6, 6.07) is 14.9. The van der Waals surface area contributed by atoms with Gasteiger partial charge in [0.05, 0.1) is 11.3 Å². The molecule has 0 radical (unpaired) electrons. The standard InChI is InChI=1S/C20H17NO3/c1-24-12-6-11-21-18-14-8-3-4-9-15(14)19(22)17(18)13-7-2-5-10-16(13)20(21)23/h2-5,7-10H,6,11-12H2,1H3. The Balaban J connectivity index is 2.07. The van der Waals surface area contributed by atoms with Crippen LogP contribution in [0.25, 0.3) is 22.0 Å². The second kappa shape index (κ2) is 5.73. The molecule has 0 unspecified atom stereocenters. The lowest BCUT2D eigenvalue weighted by molar-refractivity contribution is 0.104. The van der Waals surface area contributed by atoms with Crippen molar-refractivity contribution in [3.63, 3.8) is 0 Å². The molecule has 120 valence electrons. The van der Waals surface area contributed by atoms with E-state index < -0.39 is 0 Å². The molecule has 3 aromatic rings. The number of nitrogens with zero attached hydrogens (tertiary/aromatic N) is 1. The minimum absolute atomic E-state index is 0.00251. The topological polar surface area (TPSA) is 48.3 Å². The number of ether oxygens (including phenoxy) is 1. The van der Waals surface area contributed by atoms with Crippen LogP contribution in [0.5, 0.6) is 0 Å². The number of aromatic nitrogens is 1. The summed E-state index contributed by atoms with van der Waals surface area (Å²) >= 11 is 0. The van der Waals surface area contributed by atoms with Gasteiger partial charge < -0.3 is 9.30 Å². The molecule has 4 nitrogen and oxygen atoms in total. The number of carbonyl (C=O) groups excluding carboxylic acids is 1. The molecule has 0 atom stereocenters. The average molecular weight is 319 g/mol. The molecule has 0 saturated heterocycles. The number of pyridine rings is 1. The van der Waals surface area contributed by atoms with Crippen molar-refractivity contribution in [2.75, 3.05) is 13.7 Å². The van der Waals surface area contributed by atoms with Gasteiger partial charge in [-0.15, -0.1) is 0 Å². The van der Waals surface area contributed by atoms with Gasteiger partial charge in [-0.05, 0) is 12.5 Å². The van der Waals surface area contributed by atoms with Crippen LogP contribution in [0.15, 0.2) is 53.3 Å². The number of fused-ring (bicyclic) bond motifs is 5. The maximum absolute atomic E-state index is 13.0. The zero-order valence-electron chi connectivity index (χ0n) is 13.4. The van der Waals surface area contributed by atoms with Crippen molar-refractivity contribution in [2.45, 2.75) is 13.0 Å². The Hall–Kier alpha value is -2.72. The lowest BCUT2D eigenvalue weighted by Gasteiger charge is -2.14. The fourth-order valence-electron chi connectivity index (χ4n) is 3.51. The molecule has 0 saturated carbocycles. The maximum Gasteiger partial charge on any atom is 0.258 e. The van der Waals surface area contributed by atoms with Gasteiger partial charge >= 0.3 is 0 Å². The highest BCUT2D eigenvalue weighted by Crippen LogP contribution is 2.39. The first-order chi connectivity index (χ1) is 11.7. The summed E-state index contributed by atoms with van der Waals surface area (Å²) in [5.74, 6) is -0.00251. The summed E-state index contributed by atoms with van der Waals surface area (Å²) < 4.78 is 6.86. The van der Waals surface area contributed by atoms with Gasteiger partial charge in [0, 0.05) is 42.2 Å². The molecular weight excluding hydrogens is 302 g/mol. The van der Waals surface area contributed by atoms with E-state index in [1.54, 1.807) is 17.7 Å². The second-order valence-electron chi connectivity index (χ2n) is 5.95. The number of ketones is 1. The highest BCUT2D eigenvalue weighted by molar-refractivity contribution is 6.26. The monoisotopic (exact) mass is 319 g/mol. The predicted molar refractivity (Wildman–Crippen MR) is 93.6 cm³/mol.